The fourth-order valence-electron chi connectivity index (χ4n) is 4.60. The van der Waals surface area contributed by atoms with Gasteiger partial charge in [0, 0.05) is 16.9 Å². The van der Waals surface area contributed by atoms with Gasteiger partial charge in [0.15, 0.2) is 9.76 Å². The number of nitro groups is 1. The molecular weight excluding hydrogens is 436 g/mol. The van der Waals surface area contributed by atoms with Gasteiger partial charge in [-0.25, -0.2) is 0 Å². The predicted octanol–water partition coefficient (Wildman–Crippen LogP) is 4.11. The maximum atomic E-state index is 12.9. The monoisotopic (exact) mass is 472 g/mol. The SMILES string of the molecule is COC1=C(c2ccccc2)CC(CN2C(=O)CC[C@@H]2C(C)(C)O[SiH2]C(C)(C)C)([N+](=O)[O-])C=C1. The summed E-state index contributed by atoms with van der Waals surface area (Å²) in [6, 6.07) is 9.37. The molecule has 180 valence electrons. The molecule has 2 aliphatic rings. The number of ether oxygens (including phenoxy) is 1. The highest BCUT2D eigenvalue weighted by Crippen LogP contribution is 2.40. The molecule has 1 unspecified atom stereocenters. The third kappa shape index (κ3) is 5.55. The van der Waals surface area contributed by atoms with E-state index in [9.17, 15) is 14.9 Å². The van der Waals surface area contributed by atoms with E-state index < -0.39 is 20.9 Å². The fraction of sp³-hybridized carbons (Fsp3) is 0.560. The van der Waals surface area contributed by atoms with Gasteiger partial charge in [-0.1, -0.05) is 51.1 Å². The molecule has 33 heavy (non-hydrogen) atoms. The molecule has 1 fully saturated rings. The lowest BCUT2D eigenvalue weighted by atomic mass is 9.82. The van der Waals surface area contributed by atoms with Crippen LogP contribution in [-0.4, -0.2) is 56.3 Å². The molecule has 1 aliphatic heterocycles. The molecule has 0 bridgehead atoms. The van der Waals surface area contributed by atoms with E-state index >= 15 is 0 Å². The van der Waals surface area contributed by atoms with Crippen LogP contribution in [0.4, 0.5) is 0 Å². The van der Waals surface area contributed by atoms with Gasteiger partial charge in [-0.05, 0) is 43.0 Å². The Morgan fingerprint density at radius 2 is 1.88 bits per heavy atom. The molecule has 7 nitrogen and oxygen atoms in total. The largest absolute Gasteiger partial charge is 0.496 e. The first-order valence-corrected chi connectivity index (χ1v) is 12.8. The second kappa shape index (κ2) is 9.42. The van der Waals surface area contributed by atoms with Gasteiger partial charge < -0.3 is 14.1 Å². The minimum Gasteiger partial charge on any atom is -0.496 e. The van der Waals surface area contributed by atoms with Crippen LogP contribution in [0, 0.1) is 10.1 Å². The van der Waals surface area contributed by atoms with E-state index in [1.807, 2.05) is 44.2 Å². The summed E-state index contributed by atoms with van der Waals surface area (Å²) in [6.07, 6.45) is 4.46. The summed E-state index contributed by atoms with van der Waals surface area (Å²) < 4.78 is 11.9. The van der Waals surface area contributed by atoms with E-state index in [4.69, 9.17) is 9.16 Å². The van der Waals surface area contributed by atoms with Crippen molar-refractivity contribution in [3.63, 3.8) is 0 Å². The van der Waals surface area contributed by atoms with E-state index in [1.165, 1.54) is 0 Å². The van der Waals surface area contributed by atoms with Gasteiger partial charge in [-0.3, -0.25) is 14.9 Å². The van der Waals surface area contributed by atoms with Gasteiger partial charge in [-0.2, -0.15) is 0 Å². The van der Waals surface area contributed by atoms with Crippen LogP contribution in [0.2, 0.25) is 5.04 Å². The third-order valence-electron chi connectivity index (χ3n) is 6.48. The molecule has 0 radical (unpaired) electrons. The Morgan fingerprint density at radius 1 is 1.21 bits per heavy atom. The Kier molecular flexibility index (Phi) is 7.19. The number of benzene rings is 1. The standard InChI is InChI=1S/C25H36N2O5Si/c1-23(2,3)33-32-24(4,5)21-12-13-22(28)26(21)17-25(27(29)30)15-14-20(31-6)19(16-25)18-10-8-7-9-11-18/h7-11,14-15,21H,12-13,16-17,33H2,1-6H3/t21-,25?/m1/s1. The van der Waals surface area contributed by atoms with Crippen molar-refractivity contribution in [1.29, 1.82) is 0 Å². The van der Waals surface area contributed by atoms with Crippen molar-refractivity contribution < 1.29 is 18.9 Å². The molecule has 1 saturated heterocycles. The highest BCUT2D eigenvalue weighted by atomic mass is 28.2. The van der Waals surface area contributed by atoms with Crippen molar-refractivity contribution in [2.24, 2.45) is 0 Å². The first kappa shape index (κ1) is 25.2. The molecule has 1 heterocycles. The second-order valence-corrected chi connectivity index (χ2v) is 13.5. The summed E-state index contributed by atoms with van der Waals surface area (Å²) >= 11 is 0. The average Bonchev–Trinajstić information content (AvgIpc) is 3.13. The Hall–Kier alpha value is -2.45. The van der Waals surface area contributed by atoms with Gasteiger partial charge in [0.1, 0.15) is 5.76 Å². The number of carbonyl (C=O) groups is 1. The van der Waals surface area contributed by atoms with Gasteiger partial charge >= 0.3 is 0 Å². The topological polar surface area (TPSA) is 81.9 Å². The minimum atomic E-state index is -1.43. The first-order valence-electron chi connectivity index (χ1n) is 11.5. The quantitative estimate of drug-likeness (QED) is 0.323. The fourth-order valence-corrected chi connectivity index (χ4v) is 5.60. The van der Waals surface area contributed by atoms with E-state index in [0.29, 0.717) is 18.6 Å². The van der Waals surface area contributed by atoms with Gasteiger partial charge in [0.2, 0.25) is 5.91 Å². The molecule has 1 amide bonds. The summed E-state index contributed by atoms with van der Waals surface area (Å²) in [6.45, 7) is 10.5. The molecule has 0 saturated carbocycles. The Labute approximate surface area is 198 Å². The minimum absolute atomic E-state index is 0.0111. The number of hydrogen-bond donors (Lipinski definition) is 0. The van der Waals surface area contributed by atoms with Crippen LogP contribution in [0.1, 0.15) is 59.4 Å². The zero-order chi connectivity index (χ0) is 24.4. The van der Waals surface area contributed by atoms with E-state index in [2.05, 4.69) is 20.8 Å². The number of amides is 1. The summed E-state index contributed by atoms with van der Waals surface area (Å²) in [5.41, 5.74) is -0.328. The first-order chi connectivity index (χ1) is 15.4. The molecule has 2 atom stereocenters. The highest BCUT2D eigenvalue weighted by molar-refractivity contribution is 6.31. The van der Waals surface area contributed by atoms with Gasteiger partial charge in [0.05, 0.1) is 31.7 Å². The van der Waals surface area contributed by atoms with Crippen LogP contribution < -0.4 is 0 Å². The smallest absolute Gasteiger partial charge is 0.262 e. The van der Waals surface area contributed by atoms with Crippen LogP contribution in [0.3, 0.4) is 0 Å². The summed E-state index contributed by atoms with van der Waals surface area (Å²) in [4.78, 5) is 26.9. The summed E-state index contributed by atoms with van der Waals surface area (Å²) in [5.74, 6) is 0.564. The van der Waals surface area contributed by atoms with E-state index in [0.717, 1.165) is 11.1 Å². The molecule has 1 aromatic rings. The van der Waals surface area contributed by atoms with Gasteiger partial charge in [0.25, 0.3) is 5.54 Å². The summed E-state index contributed by atoms with van der Waals surface area (Å²) in [5, 5.41) is 12.6. The van der Waals surface area contributed by atoms with E-state index in [1.54, 1.807) is 24.2 Å². The van der Waals surface area contributed by atoms with Crippen LogP contribution in [0.25, 0.3) is 5.57 Å². The maximum absolute atomic E-state index is 12.9. The van der Waals surface area contributed by atoms with Crippen LogP contribution in [0.5, 0.6) is 0 Å². The van der Waals surface area contributed by atoms with Crippen molar-refractivity contribution in [2.75, 3.05) is 13.7 Å². The van der Waals surface area contributed by atoms with Crippen LogP contribution in [0.15, 0.2) is 48.2 Å². The predicted molar refractivity (Wildman–Crippen MR) is 132 cm³/mol. The number of rotatable bonds is 8. The molecule has 1 aliphatic carbocycles. The molecule has 3 rings (SSSR count). The number of likely N-dealkylation sites (tertiary alicyclic amines) is 1. The average molecular weight is 473 g/mol. The molecule has 0 aromatic heterocycles. The number of hydrogen-bond acceptors (Lipinski definition) is 5. The lowest BCUT2D eigenvalue weighted by Gasteiger charge is -2.41. The summed E-state index contributed by atoms with van der Waals surface area (Å²) in [7, 11) is 0.718. The zero-order valence-electron chi connectivity index (χ0n) is 20.6. The second-order valence-electron chi connectivity index (χ2n) is 10.8. The number of methoxy groups -OCH3 is 1. The lowest BCUT2D eigenvalue weighted by molar-refractivity contribution is -0.554. The molecule has 0 N–H and O–H groups in total. The number of nitrogens with zero attached hydrogens (tertiary/aromatic N) is 2. The van der Waals surface area contributed by atoms with Crippen LogP contribution in [-0.2, 0) is 14.0 Å². The highest BCUT2D eigenvalue weighted by Gasteiger charge is 2.51. The van der Waals surface area contributed by atoms with Crippen LogP contribution >= 0.6 is 0 Å². The Bertz CT molecular complexity index is 951. The van der Waals surface area contributed by atoms with Gasteiger partial charge in [-0.15, -0.1) is 0 Å². The zero-order valence-corrected chi connectivity index (χ0v) is 22.0. The van der Waals surface area contributed by atoms with Crippen molar-refractivity contribution >= 4 is 21.2 Å². The van der Waals surface area contributed by atoms with Crippen molar-refractivity contribution in [1.82, 2.24) is 4.90 Å². The van der Waals surface area contributed by atoms with E-state index in [-0.39, 0.29) is 34.9 Å². The number of carbonyl (C=O) groups excluding carboxylic acids is 1. The Morgan fingerprint density at radius 3 is 2.45 bits per heavy atom. The van der Waals surface area contributed by atoms with Crippen molar-refractivity contribution in [3.8, 4) is 0 Å². The molecular formula is C25H36N2O5Si. The van der Waals surface area contributed by atoms with Crippen molar-refractivity contribution in [3.05, 3.63) is 63.9 Å². The lowest BCUT2D eigenvalue weighted by Crippen LogP contribution is -2.56. The normalized spacial score (nSPS) is 24.2. The molecule has 0 spiro atoms. The molecule has 1 aromatic carbocycles. The molecule has 8 heteroatoms. The number of allylic oxidation sites excluding steroid dienone is 1. The Balaban J connectivity index is 1.91. The van der Waals surface area contributed by atoms with Crippen molar-refractivity contribution in [2.45, 2.75) is 76.1 Å². The maximum Gasteiger partial charge on any atom is 0.262 e. The third-order valence-corrected chi connectivity index (χ3v) is 8.24.